The first kappa shape index (κ1) is 15.0. The Balaban J connectivity index is 2.14. The van der Waals surface area contributed by atoms with Crippen LogP contribution in [0.4, 0.5) is 5.69 Å². The highest BCUT2D eigenvalue weighted by Crippen LogP contribution is 2.16. The number of nitrogens with zero attached hydrogens (tertiary/aromatic N) is 1. The highest BCUT2D eigenvalue weighted by atomic mass is 32.2. The fourth-order valence-electron chi connectivity index (χ4n) is 1.85. The summed E-state index contributed by atoms with van der Waals surface area (Å²) < 4.78 is 25.8. The van der Waals surface area contributed by atoms with Crippen molar-refractivity contribution in [1.29, 1.82) is 5.26 Å². The van der Waals surface area contributed by atoms with E-state index in [9.17, 15) is 8.42 Å². The molecule has 0 spiro atoms. The molecule has 0 saturated carbocycles. The zero-order chi connectivity index (χ0) is 15.3. The molecule has 0 aliphatic carbocycles. The van der Waals surface area contributed by atoms with Crippen LogP contribution < -0.4 is 10.0 Å². The normalized spacial score (nSPS) is 10.9. The van der Waals surface area contributed by atoms with Crippen molar-refractivity contribution in [1.82, 2.24) is 4.72 Å². The van der Waals surface area contributed by atoms with E-state index in [0.717, 1.165) is 5.56 Å². The van der Waals surface area contributed by atoms with Crippen molar-refractivity contribution in [3.8, 4) is 6.07 Å². The summed E-state index contributed by atoms with van der Waals surface area (Å²) in [6.07, 6.45) is 0. The second kappa shape index (κ2) is 6.39. The van der Waals surface area contributed by atoms with Crippen LogP contribution in [0.2, 0.25) is 0 Å². The molecule has 0 saturated heterocycles. The van der Waals surface area contributed by atoms with Crippen molar-refractivity contribution in [3.63, 3.8) is 0 Å². The van der Waals surface area contributed by atoms with E-state index in [0.29, 0.717) is 17.8 Å². The summed E-state index contributed by atoms with van der Waals surface area (Å²) in [4.78, 5) is 0.209. The number of nitriles is 1. The molecule has 2 rings (SSSR count). The molecule has 2 aromatic carbocycles. The highest BCUT2D eigenvalue weighted by Gasteiger charge is 2.11. The maximum Gasteiger partial charge on any atom is 0.240 e. The minimum atomic E-state index is -3.45. The molecule has 0 atom stereocenters. The smallest absolute Gasteiger partial charge is 0.240 e. The molecule has 0 radical (unpaired) electrons. The first-order valence-electron chi connectivity index (χ1n) is 6.32. The summed E-state index contributed by atoms with van der Waals surface area (Å²) in [6, 6.07) is 15.9. The molecule has 0 aliphatic heterocycles. The SMILES string of the molecule is CNS(=O)(=O)c1cccc(NCc2cccc(C#N)c2)c1. The molecule has 108 valence electrons. The van der Waals surface area contributed by atoms with Crippen LogP contribution in [-0.2, 0) is 16.6 Å². The Morgan fingerprint density at radius 3 is 2.62 bits per heavy atom. The topological polar surface area (TPSA) is 82.0 Å². The van der Waals surface area contributed by atoms with Gasteiger partial charge in [-0.05, 0) is 42.9 Å². The maximum atomic E-state index is 11.7. The van der Waals surface area contributed by atoms with Gasteiger partial charge in [0.05, 0.1) is 16.5 Å². The van der Waals surface area contributed by atoms with Gasteiger partial charge in [-0.25, -0.2) is 13.1 Å². The third kappa shape index (κ3) is 3.81. The standard InChI is InChI=1S/C15H15N3O2S/c1-17-21(19,20)15-7-3-6-14(9-15)18-11-13-5-2-4-12(8-13)10-16/h2-9,17-18H,11H2,1H3. The number of sulfonamides is 1. The van der Waals surface area contributed by atoms with Crippen LogP contribution in [0.15, 0.2) is 53.4 Å². The number of benzene rings is 2. The molecule has 0 fully saturated rings. The molecule has 2 N–H and O–H groups in total. The molecule has 6 heteroatoms. The lowest BCUT2D eigenvalue weighted by atomic mass is 10.1. The van der Waals surface area contributed by atoms with E-state index in [2.05, 4.69) is 16.1 Å². The third-order valence-electron chi connectivity index (χ3n) is 2.97. The van der Waals surface area contributed by atoms with Gasteiger partial charge in [0.15, 0.2) is 0 Å². The lowest BCUT2D eigenvalue weighted by Crippen LogP contribution is -2.18. The molecule has 5 nitrogen and oxygen atoms in total. The summed E-state index contributed by atoms with van der Waals surface area (Å²) in [5.74, 6) is 0. The summed E-state index contributed by atoms with van der Waals surface area (Å²) in [5.41, 5.74) is 2.26. The summed E-state index contributed by atoms with van der Waals surface area (Å²) in [7, 11) is -2.07. The van der Waals surface area contributed by atoms with Gasteiger partial charge >= 0.3 is 0 Å². The van der Waals surface area contributed by atoms with Gasteiger partial charge in [-0.1, -0.05) is 18.2 Å². The van der Waals surface area contributed by atoms with E-state index in [1.165, 1.54) is 13.1 Å². The van der Waals surface area contributed by atoms with Gasteiger partial charge in [0.1, 0.15) is 0 Å². The average Bonchev–Trinajstić information content (AvgIpc) is 2.53. The molecule has 0 heterocycles. The molecule has 21 heavy (non-hydrogen) atoms. The highest BCUT2D eigenvalue weighted by molar-refractivity contribution is 7.89. The Labute approximate surface area is 124 Å². The predicted molar refractivity (Wildman–Crippen MR) is 81.2 cm³/mol. The molecule has 0 bridgehead atoms. The van der Waals surface area contributed by atoms with Crippen LogP contribution in [0.1, 0.15) is 11.1 Å². The number of nitrogens with one attached hydrogen (secondary N) is 2. The first-order chi connectivity index (χ1) is 10.0. The number of hydrogen-bond acceptors (Lipinski definition) is 4. The van der Waals surface area contributed by atoms with Crippen molar-refractivity contribution in [2.24, 2.45) is 0 Å². The number of anilines is 1. The van der Waals surface area contributed by atoms with E-state index in [1.54, 1.807) is 30.3 Å². The lowest BCUT2D eigenvalue weighted by Gasteiger charge is -2.09. The minimum absolute atomic E-state index is 0.209. The Morgan fingerprint density at radius 2 is 1.90 bits per heavy atom. The van der Waals surface area contributed by atoms with Gasteiger partial charge < -0.3 is 5.32 Å². The van der Waals surface area contributed by atoms with Crippen molar-refractivity contribution in [2.75, 3.05) is 12.4 Å². The van der Waals surface area contributed by atoms with E-state index in [4.69, 9.17) is 5.26 Å². The molecule has 0 unspecified atom stereocenters. The average molecular weight is 301 g/mol. The van der Waals surface area contributed by atoms with Crippen LogP contribution in [0.3, 0.4) is 0 Å². The summed E-state index contributed by atoms with van der Waals surface area (Å²) >= 11 is 0. The second-order valence-corrected chi connectivity index (χ2v) is 6.29. The lowest BCUT2D eigenvalue weighted by molar-refractivity contribution is 0.588. The molecule has 0 aromatic heterocycles. The summed E-state index contributed by atoms with van der Waals surface area (Å²) in [5, 5.41) is 12.0. The Bertz CT molecular complexity index is 780. The van der Waals surface area contributed by atoms with Gasteiger partial charge in [0, 0.05) is 12.2 Å². The van der Waals surface area contributed by atoms with E-state index in [-0.39, 0.29) is 4.90 Å². The zero-order valence-corrected chi connectivity index (χ0v) is 12.3. The molecule has 0 amide bonds. The van der Waals surface area contributed by atoms with Crippen LogP contribution in [0.5, 0.6) is 0 Å². The quantitative estimate of drug-likeness (QED) is 0.886. The molecule has 0 aliphatic rings. The maximum absolute atomic E-state index is 11.7. The van der Waals surface area contributed by atoms with Crippen molar-refractivity contribution in [2.45, 2.75) is 11.4 Å². The number of hydrogen-bond donors (Lipinski definition) is 2. The molecular weight excluding hydrogens is 286 g/mol. The first-order valence-corrected chi connectivity index (χ1v) is 7.80. The fourth-order valence-corrected chi connectivity index (χ4v) is 2.62. The number of rotatable bonds is 5. The fraction of sp³-hybridized carbons (Fsp3) is 0.133. The van der Waals surface area contributed by atoms with Crippen LogP contribution >= 0.6 is 0 Å². The van der Waals surface area contributed by atoms with Crippen molar-refractivity contribution < 1.29 is 8.42 Å². The molecular formula is C15H15N3O2S. The minimum Gasteiger partial charge on any atom is -0.381 e. The predicted octanol–water partition coefficient (Wildman–Crippen LogP) is 2.08. The van der Waals surface area contributed by atoms with Crippen LogP contribution in [0.25, 0.3) is 0 Å². The molecule has 2 aromatic rings. The van der Waals surface area contributed by atoms with E-state index in [1.807, 2.05) is 12.1 Å². The van der Waals surface area contributed by atoms with Gasteiger partial charge in [-0.2, -0.15) is 5.26 Å². The van der Waals surface area contributed by atoms with E-state index < -0.39 is 10.0 Å². The van der Waals surface area contributed by atoms with Crippen LogP contribution in [-0.4, -0.2) is 15.5 Å². The Hall–Kier alpha value is -2.36. The van der Waals surface area contributed by atoms with Gasteiger partial charge in [0.25, 0.3) is 0 Å². The second-order valence-electron chi connectivity index (χ2n) is 4.40. The largest absolute Gasteiger partial charge is 0.381 e. The van der Waals surface area contributed by atoms with Gasteiger partial charge in [-0.15, -0.1) is 0 Å². The van der Waals surface area contributed by atoms with Crippen molar-refractivity contribution in [3.05, 3.63) is 59.7 Å². The Kier molecular flexibility index (Phi) is 4.58. The van der Waals surface area contributed by atoms with Gasteiger partial charge in [0.2, 0.25) is 10.0 Å². The summed E-state index contributed by atoms with van der Waals surface area (Å²) in [6.45, 7) is 0.512. The van der Waals surface area contributed by atoms with E-state index >= 15 is 0 Å². The Morgan fingerprint density at radius 1 is 1.14 bits per heavy atom. The third-order valence-corrected chi connectivity index (χ3v) is 4.38. The van der Waals surface area contributed by atoms with Crippen molar-refractivity contribution >= 4 is 15.7 Å². The monoisotopic (exact) mass is 301 g/mol. The van der Waals surface area contributed by atoms with Gasteiger partial charge in [-0.3, -0.25) is 0 Å². The van der Waals surface area contributed by atoms with Crippen LogP contribution in [0, 0.1) is 11.3 Å². The zero-order valence-electron chi connectivity index (χ0n) is 11.5.